The highest BCUT2D eigenvalue weighted by atomic mass is 35.5. The molecule has 0 bridgehead atoms. The molecular formula is C17H23Cl2N3O. The third kappa shape index (κ3) is 4.56. The minimum atomic E-state index is 0. The lowest BCUT2D eigenvalue weighted by atomic mass is 9.98. The van der Waals surface area contributed by atoms with E-state index in [1.54, 1.807) is 0 Å². The molecule has 1 atom stereocenters. The number of aromatic nitrogens is 1. The first-order valence-electron chi connectivity index (χ1n) is 7.57. The van der Waals surface area contributed by atoms with Gasteiger partial charge in [0.25, 0.3) is 5.91 Å². The standard InChI is InChI=1S/C17H21N3O.2ClH/c1-18-11-13-5-4-10-20(12-13)17(21)16-9-8-14-6-2-3-7-15(14)19-16;;/h2-3,6-9,13,18H,4-5,10-12H2,1H3;2*1H. The van der Waals surface area contributed by atoms with Crippen molar-refractivity contribution in [2.24, 2.45) is 5.92 Å². The number of halogens is 2. The van der Waals surface area contributed by atoms with E-state index in [1.807, 2.05) is 48.3 Å². The second kappa shape index (κ2) is 9.06. The van der Waals surface area contributed by atoms with Crippen molar-refractivity contribution in [2.45, 2.75) is 12.8 Å². The van der Waals surface area contributed by atoms with E-state index in [2.05, 4.69) is 10.3 Å². The molecule has 23 heavy (non-hydrogen) atoms. The van der Waals surface area contributed by atoms with Crippen LogP contribution in [0.4, 0.5) is 0 Å². The van der Waals surface area contributed by atoms with Crippen molar-refractivity contribution in [1.29, 1.82) is 0 Å². The number of pyridine rings is 1. The second-order valence-electron chi connectivity index (χ2n) is 5.71. The van der Waals surface area contributed by atoms with Crippen LogP contribution in [0.3, 0.4) is 0 Å². The largest absolute Gasteiger partial charge is 0.337 e. The van der Waals surface area contributed by atoms with E-state index >= 15 is 0 Å². The molecule has 1 N–H and O–H groups in total. The van der Waals surface area contributed by atoms with Crippen LogP contribution in [0.15, 0.2) is 36.4 Å². The number of hydrogen-bond donors (Lipinski definition) is 1. The van der Waals surface area contributed by atoms with Crippen LogP contribution in [0.25, 0.3) is 10.9 Å². The summed E-state index contributed by atoms with van der Waals surface area (Å²) in [5.41, 5.74) is 1.44. The highest BCUT2D eigenvalue weighted by molar-refractivity contribution is 5.95. The number of hydrogen-bond acceptors (Lipinski definition) is 3. The molecule has 1 aromatic heterocycles. The van der Waals surface area contributed by atoms with E-state index in [9.17, 15) is 4.79 Å². The lowest BCUT2D eigenvalue weighted by Crippen LogP contribution is -2.42. The predicted molar refractivity (Wildman–Crippen MR) is 98.8 cm³/mol. The minimum Gasteiger partial charge on any atom is -0.337 e. The fourth-order valence-electron chi connectivity index (χ4n) is 3.05. The lowest BCUT2D eigenvalue weighted by Gasteiger charge is -2.32. The molecule has 4 nitrogen and oxygen atoms in total. The molecule has 0 saturated carbocycles. The van der Waals surface area contributed by atoms with Gasteiger partial charge < -0.3 is 10.2 Å². The molecule has 1 saturated heterocycles. The van der Waals surface area contributed by atoms with Crippen LogP contribution in [-0.4, -0.2) is 42.5 Å². The van der Waals surface area contributed by atoms with Crippen LogP contribution in [0.1, 0.15) is 23.3 Å². The summed E-state index contributed by atoms with van der Waals surface area (Å²) in [7, 11) is 1.96. The van der Waals surface area contributed by atoms with Crippen molar-refractivity contribution >= 4 is 41.6 Å². The van der Waals surface area contributed by atoms with Crippen LogP contribution in [0.5, 0.6) is 0 Å². The molecule has 0 aliphatic carbocycles. The van der Waals surface area contributed by atoms with Gasteiger partial charge in [0.1, 0.15) is 5.69 Å². The van der Waals surface area contributed by atoms with Gasteiger partial charge in [0.05, 0.1) is 5.52 Å². The molecule has 0 radical (unpaired) electrons. The lowest BCUT2D eigenvalue weighted by molar-refractivity contribution is 0.0668. The highest BCUT2D eigenvalue weighted by Gasteiger charge is 2.24. The number of amides is 1. The number of fused-ring (bicyclic) bond motifs is 1. The van der Waals surface area contributed by atoms with E-state index in [4.69, 9.17) is 0 Å². The number of nitrogens with one attached hydrogen (secondary N) is 1. The number of nitrogens with zero attached hydrogens (tertiary/aromatic N) is 2. The molecule has 1 fully saturated rings. The molecule has 1 aliphatic heterocycles. The monoisotopic (exact) mass is 355 g/mol. The number of carbonyl (C=O) groups is 1. The SMILES string of the molecule is CNCC1CCCN(C(=O)c2ccc3ccccc3n2)C1.Cl.Cl. The fourth-order valence-corrected chi connectivity index (χ4v) is 3.05. The van der Waals surface area contributed by atoms with Crippen LogP contribution in [-0.2, 0) is 0 Å². The van der Waals surface area contributed by atoms with Crippen molar-refractivity contribution in [2.75, 3.05) is 26.7 Å². The van der Waals surface area contributed by atoms with Crippen molar-refractivity contribution in [3.8, 4) is 0 Å². The first kappa shape index (κ1) is 19.7. The van der Waals surface area contributed by atoms with Crippen LogP contribution < -0.4 is 5.32 Å². The molecule has 1 amide bonds. The zero-order valence-electron chi connectivity index (χ0n) is 13.2. The van der Waals surface area contributed by atoms with Crippen LogP contribution in [0, 0.1) is 5.92 Å². The average molecular weight is 356 g/mol. The highest BCUT2D eigenvalue weighted by Crippen LogP contribution is 2.19. The fraction of sp³-hybridized carbons (Fsp3) is 0.412. The van der Waals surface area contributed by atoms with Gasteiger partial charge in [-0.25, -0.2) is 4.98 Å². The number of piperidine rings is 1. The molecule has 3 rings (SSSR count). The summed E-state index contributed by atoms with van der Waals surface area (Å²) in [5.74, 6) is 0.606. The Morgan fingerprint density at radius 3 is 2.83 bits per heavy atom. The van der Waals surface area contributed by atoms with Gasteiger partial charge in [-0.05, 0) is 44.5 Å². The summed E-state index contributed by atoms with van der Waals surface area (Å²) >= 11 is 0. The maximum atomic E-state index is 12.6. The van der Waals surface area contributed by atoms with Gasteiger partial charge in [0.15, 0.2) is 0 Å². The van der Waals surface area contributed by atoms with Crippen molar-refractivity contribution in [3.05, 3.63) is 42.1 Å². The molecule has 126 valence electrons. The average Bonchev–Trinajstić information content (AvgIpc) is 2.54. The predicted octanol–water partition coefficient (Wildman–Crippen LogP) is 3.15. The van der Waals surface area contributed by atoms with Crippen molar-refractivity contribution in [3.63, 3.8) is 0 Å². The van der Waals surface area contributed by atoms with E-state index < -0.39 is 0 Å². The normalized spacial score (nSPS) is 17.3. The summed E-state index contributed by atoms with van der Waals surface area (Å²) in [6, 6.07) is 11.7. The maximum absolute atomic E-state index is 12.6. The summed E-state index contributed by atoms with van der Waals surface area (Å²) in [4.78, 5) is 19.1. The van der Waals surface area contributed by atoms with Gasteiger partial charge in [0.2, 0.25) is 0 Å². The van der Waals surface area contributed by atoms with E-state index in [1.165, 1.54) is 6.42 Å². The zero-order chi connectivity index (χ0) is 14.7. The Morgan fingerprint density at radius 1 is 1.26 bits per heavy atom. The molecule has 1 unspecified atom stereocenters. The summed E-state index contributed by atoms with van der Waals surface area (Å²) < 4.78 is 0. The van der Waals surface area contributed by atoms with Gasteiger partial charge >= 0.3 is 0 Å². The zero-order valence-corrected chi connectivity index (χ0v) is 14.8. The smallest absolute Gasteiger partial charge is 0.272 e. The van der Waals surface area contributed by atoms with E-state index in [-0.39, 0.29) is 30.7 Å². The second-order valence-corrected chi connectivity index (χ2v) is 5.71. The Balaban J connectivity index is 0.00000132. The first-order valence-corrected chi connectivity index (χ1v) is 7.57. The summed E-state index contributed by atoms with van der Waals surface area (Å²) in [5, 5.41) is 4.28. The maximum Gasteiger partial charge on any atom is 0.272 e. The van der Waals surface area contributed by atoms with E-state index in [0.29, 0.717) is 11.6 Å². The number of benzene rings is 1. The molecule has 6 heteroatoms. The number of carbonyl (C=O) groups excluding carboxylic acids is 1. The van der Waals surface area contributed by atoms with Gasteiger partial charge in [0, 0.05) is 18.5 Å². The Kier molecular flexibility index (Phi) is 7.76. The number of para-hydroxylation sites is 1. The molecule has 2 heterocycles. The topological polar surface area (TPSA) is 45.2 Å². The quantitative estimate of drug-likeness (QED) is 0.919. The molecule has 1 aliphatic rings. The van der Waals surface area contributed by atoms with Gasteiger partial charge in [-0.2, -0.15) is 0 Å². The first-order chi connectivity index (χ1) is 10.3. The van der Waals surface area contributed by atoms with Crippen molar-refractivity contribution in [1.82, 2.24) is 15.2 Å². The Hall–Kier alpha value is -1.36. The Labute approximate surface area is 149 Å². The van der Waals surface area contributed by atoms with Gasteiger partial charge in [-0.1, -0.05) is 24.3 Å². The third-order valence-electron chi connectivity index (χ3n) is 4.12. The molecule has 0 spiro atoms. The van der Waals surface area contributed by atoms with Gasteiger partial charge in [-0.3, -0.25) is 4.79 Å². The Morgan fingerprint density at radius 2 is 2.04 bits per heavy atom. The molecule has 2 aromatic rings. The molecular weight excluding hydrogens is 333 g/mol. The number of likely N-dealkylation sites (tertiary alicyclic amines) is 1. The third-order valence-corrected chi connectivity index (χ3v) is 4.12. The van der Waals surface area contributed by atoms with Crippen LogP contribution in [0.2, 0.25) is 0 Å². The Bertz CT molecular complexity index is 649. The van der Waals surface area contributed by atoms with Crippen molar-refractivity contribution < 1.29 is 4.79 Å². The summed E-state index contributed by atoms with van der Waals surface area (Å²) in [6.07, 6.45) is 2.27. The number of rotatable bonds is 3. The minimum absolute atomic E-state index is 0. The molecule has 1 aromatic carbocycles. The summed E-state index contributed by atoms with van der Waals surface area (Å²) in [6.45, 7) is 2.64. The van der Waals surface area contributed by atoms with E-state index in [0.717, 1.165) is 37.0 Å². The van der Waals surface area contributed by atoms with Gasteiger partial charge in [-0.15, -0.1) is 24.8 Å². The van der Waals surface area contributed by atoms with Crippen LogP contribution >= 0.6 is 24.8 Å².